The van der Waals surface area contributed by atoms with Gasteiger partial charge in [0.15, 0.2) is 5.82 Å². The molecule has 2 aromatic heterocycles. The number of carbonyl (C=O) groups is 1. The average Bonchev–Trinajstić information content (AvgIpc) is 3.26. The van der Waals surface area contributed by atoms with E-state index in [4.69, 9.17) is 10.6 Å². The van der Waals surface area contributed by atoms with Crippen LogP contribution in [0.4, 0.5) is 5.69 Å². The minimum atomic E-state index is -0.594. The third kappa shape index (κ3) is 3.41. The number of fused-ring (bicyclic) bond motifs is 1. The second-order valence-electron chi connectivity index (χ2n) is 7.46. The van der Waals surface area contributed by atoms with Crippen molar-refractivity contribution in [3.63, 3.8) is 0 Å². The van der Waals surface area contributed by atoms with Gasteiger partial charge < -0.3 is 20.9 Å². The summed E-state index contributed by atoms with van der Waals surface area (Å²) in [5.74, 6) is 0.450. The first-order valence-electron chi connectivity index (χ1n) is 8.77. The van der Waals surface area contributed by atoms with E-state index in [-0.39, 0.29) is 11.2 Å². The number of amides is 1. The number of H-pyrrole nitrogens is 1. The Morgan fingerprint density at radius 1 is 1.29 bits per heavy atom. The first-order chi connectivity index (χ1) is 13.3. The molecule has 0 fully saturated rings. The molecule has 0 bridgehead atoms. The van der Waals surface area contributed by atoms with Crippen molar-refractivity contribution in [1.82, 2.24) is 25.7 Å². The molecule has 0 aliphatic carbocycles. The predicted octanol–water partition coefficient (Wildman–Crippen LogP) is 2.17. The Morgan fingerprint density at radius 2 is 2.11 bits per heavy atom. The van der Waals surface area contributed by atoms with Crippen molar-refractivity contribution < 1.29 is 9.63 Å². The quantitative estimate of drug-likeness (QED) is 0.548. The molecule has 1 aliphatic heterocycles. The molecule has 144 valence electrons. The molecule has 1 amide bonds. The Bertz CT molecular complexity index is 1080. The summed E-state index contributed by atoms with van der Waals surface area (Å²) >= 11 is 0. The van der Waals surface area contributed by atoms with Crippen LogP contribution in [0.5, 0.6) is 0 Å². The maximum atomic E-state index is 11.4. The molecule has 1 aromatic carbocycles. The molecule has 1 aliphatic rings. The number of nitrogens with one attached hydrogen (secondary N) is 3. The number of nitrogens with two attached hydrogens (primary N) is 1. The van der Waals surface area contributed by atoms with Gasteiger partial charge in [0.2, 0.25) is 5.88 Å². The van der Waals surface area contributed by atoms with Crippen LogP contribution in [0.3, 0.4) is 0 Å². The van der Waals surface area contributed by atoms with E-state index in [0.717, 1.165) is 22.2 Å². The summed E-state index contributed by atoms with van der Waals surface area (Å²) in [5, 5.41) is 5.72. The lowest BCUT2D eigenvalue weighted by atomic mass is 10.1. The van der Waals surface area contributed by atoms with E-state index < -0.39 is 5.91 Å². The number of aromatic nitrogens is 3. The Kier molecular flexibility index (Phi) is 4.07. The van der Waals surface area contributed by atoms with Crippen molar-refractivity contribution in [2.45, 2.75) is 26.3 Å². The lowest BCUT2D eigenvalue weighted by molar-refractivity contribution is 0.0995. The van der Waals surface area contributed by atoms with E-state index in [2.05, 4.69) is 46.5 Å². The molecule has 28 heavy (non-hydrogen) atoms. The zero-order valence-corrected chi connectivity index (χ0v) is 15.8. The van der Waals surface area contributed by atoms with E-state index >= 15 is 0 Å². The second kappa shape index (κ2) is 6.45. The number of hydrogen-bond donors (Lipinski definition) is 4. The van der Waals surface area contributed by atoms with Crippen molar-refractivity contribution in [3.05, 3.63) is 54.4 Å². The van der Waals surface area contributed by atoms with Crippen molar-refractivity contribution in [1.29, 1.82) is 0 Å². The number of hydrazine groups is 1. The number of hydrogen-bond acceptors (Lipinski definition) is 7. The molecule has 0 radical (unpaired) electrons. The summed E-state index contributed by atoms with van der Waals surface area (Å²) in [4.78, 5) is 29.0. The molecule has 0 saturated carbocycles. The lowest BCUT2D eigenvalue weighted by Crippen LogP contribution is -2.36. The highest BCUT2D eigenvalue weighted by Crippen LogP contribution is 2.30. The van der Waals surface area contributed by atoms with Crippen LogP contribution < -0.4 is 21.6 Å². The normalized spacial score (nSPS) is 13.8. The number of carbonyl (C=O) groups excluding carboxylic acids is 1. The fourth-order valence-corrected chi connectivity index (χ4v) is 2.87. The summed E-state index contributed by atoms with van der Waals surface area (Å²) < 4.78 is 0. The van der Waals surface area contributed by atoms with Gasteiger partial charge >= 0.3 is 0 Å². The average molecular weight is 379 g/mol. The van der Waals surface area contributed by atoms with Gasteiger partial charge in [-0.2, -0.15) is 0 Å². The van der Waals surface area contributed by atoms with Crippen molar-refractivity contribution >= 4 is 22.5 Å². The molecule has 0 unspecified atom stereocenters. The van der Waals surface area contributed by atoms with E-state index in [1.165, 1.54) is 12.3 Å². The highest BCUT2D eigenvalue weighted by atomic mass is 16.7. The zero-order chi connectivity index (χ0) is 19.9. The van der Waals surface area contributed by atoms with Crippen LogP contribution in [0.15, 0.2) is 48.7 Å². The van der Waals surface area contributed by atoms with E-state index in [1.54, 1.807) is 17.6 Å². The van der Waals surface area contributed by atoms with Crippen LogP contribution in [0, 0.1) is 0 Å². The van der Waals surface area contributed by atoms with Crippen molar-refractivity contribution in [2.75, 3.05) is 5.17 Å². The Hall–Kier alpha value is -3.75. The molecule has 4 rings (SSSR count). The first-order valence-corrected chi connectivity index (χ1v) is 8.77. The number of rotatable bonds is 4. The summed E-state index contributed by atoms with van der Waals surface area (Å²) in [7, 11) is 0. The molecule has 0 atom stereocenters. The fourth-order valence-electron chi connectivity index (χ4n) is 2.87. The largest absolute Gasteiger partial charge is 0.364 e. The summed E-state index contributed by atoms with van der Waals surface area (Å²) in [6.45, 7) is 6.16. The van der Waals surface area contributed by atoms with E-state index in [0.29, 0.717) is 11.7 Å². The number of nitrogens with zero attached hydrogens (tertiary/aromatic N) is 3. The van der Waals surface area contributed by atoms with E-state index in [9.17, 15) is 4.79 Å². The molecule has 5 N–H and O–H groups in total. The number of anilines is 1. The highest BCUT2D eigenvalue weighted by molar-refractivity contribution is 5.96. The fraction of sp³-hybridized carbons (Fsp3) is 0.211. The highest BCUT2D eigenvalue weighted by Gasteiger charge is 2.21. The van der Waals surface area contributed by atoms with Gasteiger partial charge in [0.05, 0.1) is 6.20 Å². The number of benzene rings is 1. The van der Waals surface area contributed by atoms with Gasteiger partial charge in [0.25, 0.3) is 5.91 Å². The van der Waals surface area contributed by atoms with Crippen LogP contribution in [0.2, 0.25) is 0 Å². The third-order valence-corrected chi connectivity index (χ3v) is 4.05. The van der Waals surface area contributed by atoms with Crippen LogP contribution in [-0.2, 0) is 4.84 Å². The number of aromatic amines is 1. The predicted molar refractivity (Wildman–Crippen MR) is 106 cm³/mol. The van der Waals surface area contributed by atoms with Gasteiger partial charge in [-0.15, -0.1) is 5.17 Å². The molecule has 3 heterocycles. The van der Waals surface area contributed by atoms with E-state index in [1.807, 2.05) is 18.2 Å². The maximum absolute atomic E-state index is 11.4. The summed E-state index contributed by atoms with van der Waals surface area (Å²) in [5.41, 5.74) is 10.9. The van der Waals surface area contributed by atoms with Gasteiger partial charge in [0.1, 0.15) is 11.4 Å². The molecular formula is C19H21N7O2. The smallest absolute Gasteiger partial charge is 0.267 e. The van der Waals surface area contributed by atoms with Gasteiger partial charge in [-0.25, -0.2) is 9.97 Å². The Morgan fingerprint density at radius 3 is 2.86 bits per heavy atom. The van der Waals surface area contributed by atoms with Gasteiger partial charge in [0, 0.05) is 34.4 Å². The van der Waals surface area contributed by atoms with Crippen molar-refractivity contribution in [2.24, 2.45) is 5.73 Å². The minimum absolute atomic E-state index is 0.121. The van der Waals surface area contributed by atoms with Crippen molar-refractivity contribution in [3.8, 4) is 11.4 Å². The number of primary amides is 1. The second-order valence-corrected chi connectivity index (χ2v) is 7.46. The molecule has 0 saturated heterocycles. The molecule has 9 nitrogen and oxygen atoms in total. The molecule has 0 spiro atoms. The topological polar surface area (TPSA) is 121 Å². The Balaban J connectivity index is 1.64. The minimum Gasteiger partial charge on any atom is -0.364 e. The summed E-state index contributed by atoms with van der Waals surface area (Å²) in [6, 6.07) is 7.29. The molecule has 9 heteroatoms. The molecule has 3 aromatic rings. The monoisotopic (exact) mass is 379 g/mol. The summed E-state index contributed by atoms with van der Waals surface area (Å²) in [6.07, 6.45) is 5.08. The van der Waals surface area contributed by atoms with Gasteiger partial charge in [-0.1, -0.05) is 0 Å². The van der Waals surface area contributed by atoms with Gasteiger partial charge in [-0.3, -0.25) is 10.2 Å². The van der Waals surface area contributed by atoms with Crippen LogP contribution in [0.1, 0.15) is 31.3 Å². The lowest BCUT2D eigenvalue weighted by Gasteiger charge is -2.23. The zero-order valence-electron chi connectivity index (χ0n) is 15.8. The molecular weight excluding hydrogens is 358 g/mol. The van der Waals surface area contributed by atoms with Crippen LogP contribution >= 0.6 is 0 Å². The Labute approximate surface area is 161 Å². The van der Waals surface area contributed by atoms with Gasteiger partial charge in [-0.05, 0) is 45.0 Å². The maximum Gasteiger partial charge on any atom is 0.267 e. The van der Waals surface area contributed by atoms with Crippen LogP contribution in [0.25, 0.3) is 22.3 Å². The SMILES string of the molecule is CC(C)(C)NC1=CNN(c2ccc3[nH]cc(-c4nccc(C(N)=O)n4)c3c2)O1. The first kappa shape index (κ1) is 17.7. The third-order valence-electron chi connectivity index (χ3n) is 4.05. The van der Waals surface area contributed by atoms with Crippen LogP contribution in [-0.4, -0.2) is 26.4 Å². The standard InChI is InChI=1S/C19H21N7O2/c1-19(2,3)25-16-10-23-26(28-16)11-4-5-14-12(8-11)13(9-22-14)18-21-7-6-15(24-18)17(20)27/h4-10,22-23,25H,1-3H3,(H2,20,27).